The van der Waals surface area contributed by atoms with Gasteiger partial charge in [-0.05, 0) is 0 Å². The Morgan fingerprint density at radius 1 is 1.41 bits per heavy atom. The van der Waals surface area contributed by atoms with Crippen LogP contribution in [0.5, 0.6) is 0 Å². The van der Waals surface area contributed by atoms with Crippen LogP contribution in [-0.2, 0) is 0 Å². The van der Waals surface area contributed by atoms with Crippen molar-refractivity contribution in [3.63, 3.8) is 0 Å². The fourth-order valence-corrected chi connectivity index (χ4v) is 2.33. The highest BCUT2D eigenvalue weighted by Crippen LogP contribution is 2.19. The van der Waals surface area contributed by atoms with Crippen LogP contribution in [0.1, 0.15) is 0 Å². The lowest BCUT2D eigenvalue weighted by Crippen LogP contribution is -2.52. The molecule has 2 saturated heterocycles. The first-order valence-electron chi connectivity index (χ1n) is 5.61. The molecule has 2 aliphatic rings. The number of fused-ring (bicyclic) bond motifs is 1. The summed E-state index contributed by atoms with van der Waals surface area (Å²) < 4.78 is 0. The van der Waals surface area contributed by atoms with Gasteiger partial charge in [-0.25, -0.2) is 9.78 Å². The number of hydrogen-bond donors (Lipinski definition) is 2. The number of nitrogen functional groups attached to an aromatic ring is 1. The Bertz CT molecular complexity index is 450. The van der Waals surface area contributed by atoms with Crippen molar-refractivity contribution in [1.29, 1.82) is 0 Å². The maximum atomic E-state index is 11.5. The van der Waals surface area contributed by atoms with Gasteiger partial charge in [0.2, 0.25) is 0 Å². The maximum Gasteiger partial charge on any atom is 0.317 e. The molecule has 0 aromatic carbocycles. The molecule has 0 aliphatic carbocycles. The smallest absolute Gasteiger partial charge is 0.317 e. The molecule has 3 heterocycles. The third-order valence-corrected chi connectivity index (χ3v) is 3.20. The molecule has 1 aromatic rings. The Morgan fingerprint density at radius 3 is 3.12 bits per heavy atom. The third-order valence-electron chi connectivity index (χ3n) is 3.20. The molecule has 0 bridgehead atoms. The number of carbonyl (C=O) groups excluding carboxylic acids is 1. The van der Waals surface area contributed by atoms with E-state index in [9.17, 15) is 4.79 Å². The van der Waals surface area contributed by atoms with Crippen molar-refractivity contribution >= 4 is 17.7 Å². The largest absolute Gasteiger partial charge is 0.382 e. The number of urea groups is 1. The van der Waals surface area contributed by atoms with E-state index in [1.165, 1.54) is 6.20 Å². The van der Waals surface area contributed by atoms with Gasteiger partial charge >= 0.3 is 6.03 Å². The second-order valence-electron chi connectivity index (χ2n) is 4.28. The summed E-state index contributed by atoms with van der Waals surface area (Å²) in [6.45, 7) is 2.96. The zero-order chi connectivity index (χ0) is 11.8. The van der Waals surface area contributed by atoms with E-state index in [4.69, 9.17) is 5.73 Å². The van der Waals surface area contributed by atoms with Crippen molar-refractivity contribution in [2.24, 2.45) is 0 Å². The molecule has 17 heavy (non-hydrogen) atoms. The lowest BCUT2D eigenvalue weighted by molar-refractivity contribution is 0.197. The molecule has 0 saturated carbocycles. The van der Waals surface area contributed by atoms with E-state index < -0.39 is 0 Å². The summed E-state index contributed by atoms with van der Waals surface area (Å²) in [5.74, 6) is 1.20. The highest BCUT2D eigenvalue weighted by Gasteiger charge is 2.35. The van der Waals surface area contributed by atoms with Crippen LogP contribution in [0.3, 0.4) is 0 Å². The van der Waals surface area contributed by atoms with Gasteiger partial charge in [0.1, 0.15) is 11.6 Å². The van der Waals surface area contributed by atoms with E-state index >= 15 is 0 Å². The zero-order valence-electron chi connectivity index (χ0n) is 9.33. The van der Waals surface area contributed by atoms with Gasteiger partial charge in [0.25, 0.3) is 0 Å². The van der Waals surface area contributed by atoms with Crippen molar-refractivity contribution in [2.45, 2.75) is 6.04 Å². The number of nitrogens with two attached hydrogens (primary N) is 1. The first kappa shape index (κ1) is 10.1. The highest BCUT2D eigenvalue weighted by molar-refractivity contribution is 5.77. The first-order valence-corrected chi connectivity index (χ1v) is 5.61. The number of rotatable bonds is 1. The van der Waals surface area contributed by atoms with Crippen LogP contribution in [-0.4, -0.2) is 53.1 Å². The Balaban J connectivity index is 1.77. The standard InChI is InChI=1S/C10H14N6O/c11-8-4-12-5-9(14-8)15-1-2-16-7(6-15)3-13-10(16)17/h4-5,7H,1-3,6H2,(H2,11,14)(H,13,17). The molecule has 90 valence electrons. The summed E-state index contributed by atoms with van der Waals surface area (Å²) in [4.78, 5) is 23.7. The van der Waals surface area contributed by atoms with Crippen LogP contribution in [0, 0.1) is 0 Å². The topological polar surface area (TPSA) is 87.4 Å². The fourth-order valence-electron chi connectivity index (χ4n) is 2.33. The van der Waals surface area contributed by atoms with Crippen molar-refractivity contribution in [3.8, 4) is 0 Å². The lowest BCUT2D eigenvalue weighted by Gasteiger charge is -2.36. The molecule has 0 radical (unpaired) electrons. The molecule has 3 rings (SSSR count). The molecule has 2 fully saturated rings. The van der Waals surface area contributed by atoms with Gasteiger partial charge in [0.15, 0.2) is 0 Å². The number of anilines is 2. The van der Waals surface area contributed by atoms with Crippen LogP contribution < -0.4 is 16.0 Å². The normalized spacial score (nSPS) is 23.5. The molecular formula is C10H14N6O. The van der Waals surface area contributed by atoms with Gasteiger partial charge < -0.3 is 20.9 Å². The summed E-state index contributed by atoms with van der Waals surface area (Å²) in [5, 5.41) is 2.84. The zero-order valence-corrected chi connectivity index (χ0v) is 9.33. The van der Waals surface area contributed by atoms with Gasteiger partial charge in [-0.2, -0.15) is 0 Å². The van der Waals surface area contributed by atoms with E-state index in [0.717, 1.165) is 18.9 Å². The summed E-state index contributed by atoms with van der Waals surface area (Å²) >= 11 is 0. The first-order chi connectivity index (χ1) is 8.24. The minimum atomic E-state index is 0.0355. The van der Waals surface area contributed by atoms with Crippen LogP contribution in [0.15, 0.2) is 12.4 Å². The van der Waals surface area contributed by atoms with Gasteiger partial charge in [-0.15, -0.1) is 0 Å². The number of amides is 2. The predicted molar refractivity (Wildman–Crippen MR) is 62.6 cm³/mol. The van der Waals surface area contributed by atoms with E-state index in [0.29, 0.717) is 18.9 Å². The summed E-state index contributed by atoms with van der Waals surface area (Å²) in [6.07, 6.45) is 3.23. The van der Waals surface area contributed by atoms with Crippen molar-refractivity contribution in [1.82, 2.24) is 20.2 Å². The lowest BCUT2D eigenvalue weighted by atomic mass is 10.2. The van der Waals surface area contributed by atoms with Gasteiger partial charge in [0, 0.05) is 26.2 Å². The SMILES string of the molecule is Nc1cncc(N2CCN3C(=O)NCC3C2)n1. The van der Waals surface area contributed by atoms with E-state index in [1.54, 1.807) is 6.20 Å². The van der Waals surface area contributed by atoms with Crippen LogP contribution >= 0.6 is 0 Å². The summed E-state index contributed by atoms with van der Waals surface area (Å²) in [5.41, 5.74) is 5.62. The van der Waals surface area contributed by atoms with E-state index in [1.807, 2.05) is 4.90 Å². The van der Waals surface area contributed by atoms with Crippen LogP contribution in [0.4, 0.5) is 16.4 Å². The fraction of sp³-hybridized carbons (Fsp3) is 0.500. The van der Waals surface area contributed by atoms with E-state index in [2.05, 4.69) is 20.2 Å². The second-order valence-corrected chi connectivity index (χ2v) is 4.28. The molecule has 7 nitrogen and oxygen atoms in total. The Morgan fingerprint density at radius 2 is 2.29 bits per heavy atom. The monoisotopic (exact) mass is 234 g/mol. The molecule has 0 spiro atoms. The number of aromatic nitrogens is 2. The molecular weight excluding hydrogens is 220 g/mol. The number of nitrogens with one attached hydrogen (secondary N) is 1. The molecule has 1 unspecified atom stereocenters. The van der Waals surface area contributed by atoms with Crippen molar-refractivity contribution in [3.05, 3.63) is 12.4 Å². The maximum absolute atomic E-state index is 11.5. The average molecular weight is 234 g/mol. The van der Waals surface area contributed by atoms with Crippen molar-refractivity contribution in [2.75, 3.05) is 36.8 Å². The van der Waals surface area contributed by atoms with E-state index in [-0.39, 0.29) is 12.1 Å². The van der Waals surface area contributed by atoms with Crippen LogP contribution in [0.25, 0.3) is 0 Å². The van der Waals surface area contributed by atoms with Crippen LogP contribution in [0.2, 0.25) is 0 Å². The molecule has 3 N–H and O–H groups in total. The highest BCUT2D eigenvalue weighted by atomic mass is 16.2. The predicted octanol–water partition coefficient (Wildman–Crippen LogP) is -0.727. The Hall–Kier alpha value is -2.05. The Kier molecular flexibility index (Phi) is 2.24. The van der Waals surface area contributed by atoms with Gasteiger partial charge in [0.05, 0.1) is 18.4 Å². The summed E-state index contributed by atoms with van der Waals surface area (Å²) in [7, 11) is 0. The van der Waals surface area contributed by atoms with Gasteiger partial charge in [-0.1, -0.05) is 0 Å². The molecule has 7 heteroatoms. The third kappa shape index (κ3) is 1.73. The average Bonchev–Trinajstić information content (AvgIpc) is 2.71. The molecule has 2 amide bonds. The summed E-state index contributed by atoms with van der Waals surface area (Å²) in [6, 6.07) is 0.257. The second kappa shape index (κ2) is 3.76. The van der Waals surface area contributed by atoms with Crippen molar-refractivity contribution < 1.29 is 4.79 Å². The number of carbonyl (C=O) groups is 1. The quantitative estimate of drug-likeness (QED) is 0.669. The minimum absolute atomic E-state index is 0.0355. The number of hydrogen-bond acceptors (Lipinski definition) is 5. The minimum Gasteiger partial charge on any atom is -0.382 e. The molecule has 2 aliphatic heterocycles. The van der Waals surface area contributed by atoms with Gasteiger partial charge in [-0.3, -0.25) is 4.98 Å². The Labute approximate surface area is 98.6 Å². The molecule has 1 aromatic heterocycles. The number of nitrogens with zero attached hydrogens (tertiary/aromatic N) is 4. The molecule has 1 atom stereocenters. The number of piperazine rings is 1.